The summed E-state index contributed by atoms with van der Waals surface area (Å²) < 4.78 is 2.74. The van der Waals surface area contributed by atoms with Crippen LogP contribution in [0.2, 0.25) is 0 Å². The first-order valence-electron chi connectivity index (χ1n) is 7.79. The Labute approximate surface area is 123 Å². The number of hydrogen-bond donors (Lipinski definition) is 1. The number of nitrogens with one attached hydrogen (secondary N) is 1. The number of fused-ring (bicyclic) bond motifs is 1. The van der Waals surface area contributed by atoms with Crippen LogP contribution in [-0.2, 0) is 13.6 Å². The number of unbranched alkanes of at least 4 members (excludes halogenated alkanes) is 6. The van der Waals surface area contributed by atoms with Crippen LogP contribution in [-0.4, -0.2) is 19.1 Å². The van der Waals surface area contributed by atoms with Crippen molar-refractivity contribution in [1.82, 2.24) is 19.1 Å². The monoisotopic (exact) mass is 292 g/mol. The third kappa shape index (κ3) is 3.43. The molecule has 0 aromatic carbocycles. The van der Waals surface area contributed by atoms with Crippen molar-refractivity contribution in [3.63, 3.8) is 0 Å². The van der Waals surface area contributed by atoms with Crippen LogP contribution in [0, 0.1) is 0 Å². The summed E-state index contributed by atoms with van der Waals surface area (Å²) in [5.74, 6) is 0. The molecule has 6 heteroatoms. The first-order chi connectivity index (χ1) is 10.2. The lowest BCUT2D eigenvalue weighted by atomic mass is 10.1. The zero-order chi connectivity index (χ0) is 15.2. The molecule has 1 N–H and O–H groups in total. The molecule has 0 aliphatic rings. The Morgan fingerprint density at radius 2 is 1.76 bits per heavy atom. The molecule has 0 unspecified atom stereocenters. The van der Waals surface area contributed by atoms with Crippen LogP contribution in [0.3, 0.4) is 0 Å². The Morgan fingerprint density at radius 1 is 1.10 bits per heavy atom. The zero-order valence-electron chi connectivity index (χ0n) is 12.9. The van der Waals surface area contributed by atoms with Gasteiger partial charge in [-0.2, -0.15) is 0 Å². The summed E-state index contributed by atoms with van der Waals surface area (Å²) in [4.78, 5) is 31.3. The number of rotatable bonds is 8. The Kier molecular flexibility index (Phi) is 5.36. The normalized spacial score (nSPS) is 11.3. The van der Waals surface area contributed by atoms with E-state index < -0.39 is 0 Å². The number of aryl methyl sites for hydroxylation is 1. The number of H-pyrrole nitrogens is 1. The molecular weight excluding hydrogens is 268 g/mol. The van der Waals surface area contributed by atoms with Crippen LogP contribution in [0.15, 0.2) is 15.9 Å². The van der Waals surface area contributed by atoms with Crippen molar-refractivity contribution in [3.05, 3.63) is 27.2 Å². The predicted molar refractivity (Wildman–Crippen MR) is 83.6 cm³/mol. The molecule has 21 heavy (non-hydrogen) atoms. The van der Waals surface area contributed by atoms with Crippen LogP contribution in [0.1, 0.15) is 51.9 Å². The van der Waals surface area contributed by atoms with Crippen molar-refractivity contribution in [1.29, 1.82) is 0 Å². The second-order valence-corrected chi connectivity index (χ2v) is 5.52. The molecule has 0 aliphatic heterocycles. The molecule has 0 spiro atoms. The molecule has 0 bridgehead atoms. The van der Waals surface area contributed by atoms with Gasteiger partial charge in [0.05, 0.1) is 6.33 Å². The minimum Gasteiger partial charge on any atom is -0.339 e. The summed E-state index contributed by atoms with van der Waals surface area (Å²) in [5, 5.41) is 0. The molecule has 0 saturated carbocycles. The van der Waals surface area contributed by atoms with Gasteiger partial charge in [-0.25, -0.2) is 9.78 Å². The third-order valence-corrected chi connectivity index (χ3v) is 3.90. The summed E-state index contributed by atoms with van der Waals surface area (Å²) >= 11 is 0. The molecule has 0 atom stereocenters. The summed E-state index contributed by atoms with van der Waals surface area (Å²) in [5.41, 5.74) is 0.267. The van der Waals surface area contributed by atoms with E-state index in [1.807, 2.05) is 0 Å². The van der Waals surface area contributed by atoms with Gasteiger partial charge in [-0.05, 0) is 6.42 Å². The number of nitrogens with zero attached hydrogens (tertiary/aromatic N) is 3. The highest BCUT2D eigenvalue weighted by Gasteiger charge is 2.12. The van der Waals surface area contributed by atoms with Gasteiger partial charge in [0.25, 0.3) is 5.56 Å². The van der Waals surface area contributed by atoms with Gasteiger partial charge in [0.2, 0.25) is 0 Å². The fourth-order valence-electron chi connectivity index (χ4n) is 2.62. The van der Waals surface area contributed by atoms with Crippen molar-refractivity contribution < 1.29 is 0 Å². The number of aromatic nitrogens is 4. The first kappa shape index (κ1) is 15.5. The predicted octanol–water partition coefficient (Wildman–Crippen LogP) is 2.17. The van der Waals surface area contributed by atoms with Crippen LogP contribution >= 0.6 is 0 Å². The van der Waals surface area contributed by atoms with Crippen molar-refractivity contribution in [3.8, 4) is 0 Å². The van der Waals surface area contributed by atoms with E-state index in [0.29, 0.717) is 17.7 Å². The van der Waals surface area contributed by atoms with Crippen molar-refractivity contribution in [2.45, 2.75) is 58.4 Å². The first-order valence-corrected chi connectivity index (χ1v) is 7.79. The van der Waals surface area contributed by atoms with Crippen molar-refractivity contribution >= 4 is 11.2 Å². The Balaban J connectivity index is 1.99. The summed E-state index contributed by atoms with van der Waals surface area (Å²) in [6, 6.07) is 0. The van der Waals surface area contributed by atoms with Gasteiger partial charge in [-0.3, -0.25) is 13.9 Å². The molecule has 6 nitrogen and oxygen atoms in total. The molecule has 2 heterocycles. The average molecular weight is 292 g/mol. The Hall–Kier alpha value is -1.85. The molecular formula is C15H24N4O2. The lowest BCUT2D eigenvalue weighted by Gasteiger charge is -2.07. The molecule has 0 aliphatic carbocycles. The lowest BCUT2D eigenvalue weighted by molar-refractivity contribution is 0.523. The number of imidazole rings is 1. The van der Waals surface area contributed by atoms with E-state index in [0.717, 1.165) is 12.8 Å². The standard InChI is InChI=1S/C15H24N4O2/c1-3-4-5-6-7-8-9-10-19-14(20)12-13(17-11-16-12)18(2)15(19)21/h11H,3-10H2,1-2H3,(H,16,17). The molecule has 2 rings (SSSR count). The van der Waals surface area contributed by atoms with E-state index in [-0.39, 0.29) is 11.2 Å². The van der Waals surface area contributed by atoms with E-state index >= 15 is 0 Å². The number of hydrogen-bond acceptors (Lipinski definition) is 3. The topological polar surface area (TPSA) is 72.7 Å². The zero-order valence-corrected chi connectivity index (χ0v) is 12.9. The Bertz CT molecular complexity index is 696. The molecule has 0 saturated heterocycles. The minimum absolute atomic E-state index is 0.267. The summed E-state index contributed by atoms with van der Waals surface area (Å²) in [6.45, 7) is 2.68. The summed E-state index contributed by atoms with van der Waals surface area (Å²) in [6.07, 6.45) is 9.58. The quantitative estimate of drug-likeness (QED) is 0.758. The van der Waals surface area contributed by atoms with E-state index in [9.17, 15) is 9.59 Å². The van der Waals surface area contributed by atoms with Crippen molar-refractivity contribution in [2.75, 3.05) is 0 Å². The van der Waals surface area contributed by atoms with E-state index in [2.05, 4.69) is 16.9 Å². The van der Waals surface area contributed by atoms with Gasteiger partial charge in [0.15, 0.2) is 5.65 Å². The van der Waals surface area contributed by atoms with Gasteiger partial charge in [-0.1, -0.05) is 45.4 Å². The average Bonchev–Trinajstić information content (AvgIpc) is 2.97. The summed E-state index contributed by atoms with van der Waals surface area (Å²) in [7, 11) is 1.65. The van der Waals surface area contributed by atoms with Crippen LogP contribution < -0.4 is 11.2 Å². The molecule has 2 aromatic heterocycles. The molecule has 0 fully saturated rings. The second kappa shape index (κ2) is 7.24. The van der Waals surface area contributed by atoms with Gasteiger partial charge < -0.3 is 4.98 Å². The SMILES string of the molecule is CCCCCCCCCn1c(=O)c2[nH]cnc2n(C)c1=O. The van der Waals surface area contributed by atoms with Gasteiger partial charge in [0.1, 0.15) is 5.52 Å². The fraction of sp³-hybridized carbons (Fsp3) is 0.667. The highest BCUT2D eigenvalue weighted by Crippen LogP contribution is 2.07. The van der Waals surface area contributed by atoms with Crippen molar-refractivity contribution in [2.24, 2.45) is 7.05 Å². The van der Waals surface area contributed by atoms with Crippen LogP contribution in [0.5, 0.6) is 0 Å². The fourth-order valence-corrected chi connectivity index (χ4v) is 2.62. The van der Waals surface area contributed by atoms with E-state index in [1.165, 1.54) is 47.6 Å². The maximum atomic E-state index is 12.2. The van der Waals surface area contributed by atoms with Gasteiger partial charge in [-0.15, -0.1) is 0 Å². The largest absolute Gasteiger partial charge is 0.339 e. The van der Waals surface area contributed by atoms with E-state index in [1.54, 1.807) is 7.05 Å². The second-order valence-electron chi connectivity index (χ2n) is 5.52. The van der Waals surface area contributed by atoms with Crippen LogP contribution in [0.4, 0.5) is 0 Å². The van der Waals surface area contributed by atoms with Crippen LogP contribution in [0.25, 0.3) is 11.2 Å². The third-order valence-electron chi connectivity index (χ3n) is 3.90. The molecule has 2 aromatic rings. The lowest BCUT2D eigenvalue weighted by Crippen LogP contribution is -2.39. The smallest absolute Gasteiger partial charge is 0.332 e. The molecule has 116 valence electrons. The number of aromatic amines is 1. The highest BCUT2D eigenvalue weighted by molar-refractivity contribution is 5.68. The van der Waals surface area contributed by atoms with Gasteiger partial charge in [0, 0.05) is 13.6 Å². The molecule has 0 radical (unpaired) electrons. The highest BCUT2D eigenvalue weighted by atomic mass is 16.2. The Morgan fingerprint density at radius 3 is 2.48 bits per heavy atom. The molecule has 0 amide bonds. The van der Waals surface area contributed by atoms with Gasteiger partial charge >= 0.3 is 5.69 Å². The maximum absolute atomic E-state index is 12.2. The maximum Gasteiger partial charge on any atom is 0.332 e. The van der Waals surface area contributed by atoms with E-state index in [4.69, 9.17) is 0 Å². The minimum atomic E-state index is -0.286.